The van der Waals surface area contributed by atoms with Crippen molar-refractivity contribution in [2.45, 2.75) is 68.1 Å². The van der Waals surface area contributed by atoms with Crippen LogP contribution in [-0.4, -0.2) is 81.8 Å². The molecule has 1 aromatic heterocycles. The topological polar surface area (TPSA) is 201 Å². The van der Waals surface area contributed by atoms with Crippen molar-refractivity contribution in [2.75, 3.05) is 19.7 Å². The fourth-order valence-electron chi connectivity index (χ4n) is 7.64. The molecule has 352 valence electrons. The maximum Gasteiger partial charge on any atom is 0.258 e. The summed E-state index contributed by atoms with van der Waals surface area (Å²) in [7, 11) is -3.86. The number of nitrogens with one attached hydrogen (secondary N) is 6. The molecule has 4 atom stereocenters. The third-order valence-electron chi connectivity index (χ3n) is 11.4. The van der Waals surface area contributed by atoms with Crippen molar-refractivity contribution in [1.29, 1.82) is 0 Å². The number of hydrogen-bond donors (Lipinski definition) is 6. The summed E-state index contributed by atoms with van der Waals surface area (Å²) in [4.78, 5) is 71.8. The van der Waals surface area contributed by atoms with Gasteiger partial charge in [-0.3, -0.25) is 24.0 Å². The van der Waals surface area contributed by atoms with E-state index in [4.69, 9.17) is 4.74 Å². The summed E-state index contributed by atoms with van der Waals surface area (Å²) >= 11 is 1.42. The van der Waals surface area contributed by atoms with Gasteiger partial charge in [0.05, 0.1) is 4.90 Å². The predicted octanol–water partition coefficient (Wildman–Crippen LogP) is 4.81. The Bertz CT molecular complexity index is 2740. The van der Waals surface area contributed by atoms with Crippen LogP contribution in [0.25, 0.3) is 11.1 Å². The van der Waals surface area contributed by atoms with Gasteiger partial charge in [0, 0.05) is 37.2 Å². The second-order valence-electron chi connectivity index (χ2n) is 16.5. The van der Waals surface area contributed by atoms with Crippen molar-refractivity contribution in [1.82, 2.24) is 31.3 Å². The smallest absolute Gasteiger partial charge is 0.258 e. The maximum absolute atomic E-state index is 14.7. The average molecular weight is 955 g/mol. The van der Waals surface area contributed by atoms with E-state index < -0.39 is 70.3 Å². The zero-order valence-corrected chi connectivity index (χ0v) is 39.1. The first-order valence-electron chi connectivity index (χ1n) is 22.4. The zero-order valence-electron chi connectivity index (χ0n) is 37.5. The standard InChI is InChI=1S/C52H54N6O8S2/c1-35-14-25-43(26-15-35)68(64,65)54-29-28-53-49(60)45-31-38-18-23-41(24-19-38)66-34-48(59)55-47(33-42-13-8-30-67-42)52(63)58-46(32-37-16-21-40(22-17-37)39-11-6-3-7-12-39)51(62)56-44(50(61)57-45)27-20-36-9-4-2-5-10-36/h2-19,21-26,30,44-47,54H,20,27-29,31-34H2,1H3,(H,53,60)(H,55,59)(H,56,62)(H,57,61)(H,58,63)/t44-,45-,46+,47-/m0/s1. The van der Waals surface area contributed by atoms with E-state index in [1.807, 2.05) is 109 Å². The van der Waals surface area contributed by atoms with Gasteiger partial charge in [-0.1, -0.05) is 121 Å². The molecule has 0 saturated carbocycles. The van der Waals surface area contributed by atoms with Gasteiger partial charge < -0.3 is 31.3 Å². The first-order chi connectivity index (χ1) is 32.9. The summed E-state index contributed by atoms with van der Waals surface area (Å²) in [6.45, 7) is 1.21. The van der Waals surface area contributed by atoms with E-state index in [1.54, 1.807) is 36.4 Å². The molecule has 8 rings (SSSR count). The summed E-state index contributed by atoms with van der Waals surface area (Å²) in [6.07, 6.45) is 0.704. The molecule has 0 fully saturated rings. The van der Waals surface area contributed by atoms with Crippen LogP contribution < -0.4 is 36.0 Å². The van der Waals surface area contributed by atoms with Crippen LogP contribution in [-0.2, 0) is 59.7 Å². The predicted molar refractivity (Wildman–Crippen MR) is 261 cm³/mol. The minimum atomic E-state index is -3.86. The highest BCUT2D eigenvalue weighted by atomic mass is 32.2. The molecule has 0 saturated heterocycles. The fourth-order valence-corrected chi connectivity index (χ4v) is 9.42. The van der Waals surface area contributed by atoms with Crippen LogP contribution in [0, 0.1) is 6.92 Å². The molecule has 0 aliphatic carbocycles. The van der Waals surface area contributed by atoms with Crippen LogP contribution in [0.15, 0.2) is 156 Å². The van der Waals surface area contributed by atoms with Gasteiger partial charge in [-0.2, -0.15) is 0 Å². The minimum absolute atomic E-state index is 0.00877. The first-order valence-corrected chi connectivity index (χ1v) is 24.7. The lowest BCUT2D eigenvalue weighted by Gasteiger charge is -2.27. The Balaban J connectivity index is 1.17. The van der Waals surface area contributed by atoms with Gasteiger partial charge in [0.25, 0.3) is 5.91 Å². The molecule has 2 aliphatic rings. The van der Waals surface area contributed by atoms with Crippen LogP contribution in [0.2, 0.25) is 0 Å². The molecule has 0 spiro atoms. The van der Waals surface area contributed by atoms with Gasteiger partial charge in [-0.15, -0.1) is 11.3 Å². The van der Waals surface area contributed by atoms with Crippen molar-refractivity contribution in [3.63, 3.8) is 0 Å². The van der Waals surface area contributed by atoms with Gasteiger partial charge in [-0.05, 0) is 83.3 Å². The lowest BCUT2D eigenvalue weighted by Crippen LogP contribution is -2.59. The quantitative estimate of drug-likeness (QED) is 0.0660. The molecule has 0 unspecified atom stereocenters. The lowest BCUT2D eigenvalue weighted by atomic mass is 9.99. The van der Waals surface area contributed by atoms with E-state index in [0.717, 1.165) is 32.7 Å². The number of aryl methyl sites for hydroxylation is 2. The molecule has 68 heavy (non-hydrogen) atoms. The van der Waals surface area contributed by atoms with E-state index in [1.165, 1.54) is 23.5 Å². The summed E-state index contributed by atoms with van der Waals surface area (Å²) < 4.78 is 34.2. The van der Waals surface area contributed by atoms with Crippen LogP contribution in [0.5, 0.6) is 5.75 Å². The number of ether oxygens (including phenoxy) is 1. The highest BCUT2D eigenvalue weighted by molar-refractivity contribution is 7.89. The number of rotatable bonds is 14. The average Bonchev–Trinajstić information content (AvgIpc) is 3.87. The highest BCUT2D eigenvalue weighted by Crippen LogP contribution is 2.21. The third-order valence-corrected chi connectivity index (χ3v) is 13.8. The van der Waals surface area contributed by atoms with Crippen molar-refractivity contribution < 1.29 is 37.1 Å². The van der Waals surface area contributed by atoms with Crippen molar-refractivity contribution >= 4 is 50.9 Å². The van der Waals surface area contributed by atoms with Gasteiger partial charge in [0.2, 0.25) is 33.7 Å². The Morgan fingerprint density at radius 3 is 1.96 bits per heavy atom. The Morgan fingerprint density at radius 1 is 0.647 bits per heavy atom. The van der Waals surface area contributed by atoms with Gasteiger partial charge in [0.15, 0.2) is 6.61 Å². The Kier molecular flexibility index (Phi) is 16.9. The van der Waals surface area contributed by atoms with Crippen LogP contribution in [0.4, 0.5) is 0 Å². The summed E-state index contributed by atoms with van der Waals surface area (Å²) in [5.41, 5.74) is 5.13. The molecule has 0 radical (unpaired) electrons. The van der Waals surface area contributed by atoms with E-state index >= 15 is 0 Å². The Hall–Kier alpha value is -7.14. The van der Waals surface area contributed by atoms with Crippen LogP contribution in [0.1, 0.15) is 33.6 Å². The molecule has 3 heterocycles. The zero-order chi connectivity index (χ0) is 47.9. The number of carbonyl (C=O) groups excluding carboxylic acids is 5. The number of hydrogen-bond acceptors (Lipinski definition) is 9. The highest BCUT2D eigenvalue weighted by Gasteiger charge is 2.32. The van der Waals surface area contributed by atoms with Crippen LogP contribution in [0.3, 0.4) is 0 Å². The third kappa shape index (κ3) is 14.2. The van der Waals surface area contributed by atoms with Crippen molar-refractivity contribution in [3.8, 4) is 16.9 Å². The molecule has 14 nitrogen and oxygen atoms in total. The largest absolute Gasteiger partial charge is 0.484 e. The molecule has 6 aromatic rings. The lowest BCUT2D eigenvalue weighted by molar-refractivity contribution is -0.134. The summed E-state index contributed by atoms with van der Waals surface area (Å²) in [5.74, 6) is -2.72. The molecule has 5 amide bonds. The molecular weight excluding hydrogens is 901 g/mol. The first kappa shape index (κ1) is 48.8. The summed E-state index contributed by atoms with van der Waals surface area (Å²) in [5, 5.41) is 16.1. The van der Waals surface area contributed by atoms with Crippen LogP contribution >= 0.6 is 11.3 Å². The molecule has 16 heteroatoms. The number of carbonyl (C=O) groups is 5. The minimum Gasteiger partial charge on any atom is -0.484 e. The normalized spacial score (nSPS) is 18.4. The molecular formula is C52H54N6O8S2. The second-order valence-corrected chi connectivity index (χ2v) is 19.3. The Morgan fingerprint density at radius 2 is 1.28 bits per heavy atom. The summed E-state index contributed by atoms with van der Waals surface area (Å²) in [6, 6.07) is 38.9. The number of sulfonamides is 1. The van der Waals surface area contributed by atoms with Crippen molar-refractivity contribution in [2.24, 2.45) is 0 Å². The van der Waals surface area contributed by atoms with E-state index in [9.17, 15) is 32.4 Å². The van der Waals surface area contributed by atoms with E-state index in [0.29, 0.717) is 17.7 Å². The SMILES string of the molecule is Cc1ccc(S(=O)(=O)NCCNC(=O)[C@@H]2Cc3ccc(cc3)OCC(=O)N[C@@H](Cc3cccs3)C(=O)N[C@H](Cc3ccc(-c4ccccc4)cc3)C(=O)N[C@@H](CCc3ccccc3)C(=O)N2)cc1. The van der Waals surface area contributed by atoms with Gasteiger partial charge in [0.1, 0.15) is 29.9 Å². The maximum atomic E-state index is 14.7. The number of benzene rings is 5. The van der Waals surface area contributed by atoms with Crippen molar-refractivity contribution in [3.05, 3.63) is 178 Å². The molecule has 5 aromatic carbocycles. The number of fused-ring (bicyclic) bond motifs is 16. The van der Waals surface area contributed by atoms with E-state index in [2.05, 4.69) is 31.3 Å². The fraction of sp³-hybridized carbons (Fsp3) is 0.250. The number of amides is 5. The van der Waals surface area contributed by atoms with Gasteiger partial charge >= 0.3 is 0 Å². The molecule has 2 aliphatic heterocycles. The molecule has 2 bridgehead atoms. The Labute approximate surface area is 400 Å². The van der Waals surface area contributed by atoms with E-state index in [-0.39, 0.29) is 43.7 Å². The second kappa shape index (κ2) is 23.5. The monoisotopic (exact) mass is 954 g/mol. The van der Waals surface area contributed by atoms with Gasteiger partial charge in [-0.25, -0.2) is 13.1 Å². The number of thiophene rings is 1. The molecule has 6 N–H and O–H groups in total.